The van der Waals surface area contributed by atoms with Crippen molar-refractivity contribution in [3.63, 3.8) is 0 Å². The van der Waals surface area contributed by atoms with E-state index in [-0.39, 0.29) is 6.04 Å². The van der Waals surface area contributed by atoms with Crippen LogP contribution in [0.1, 0.15) is 44.3 Å². The average Bonchev–Trinajstić information content (AvgIpc) is 3.02. The lowest BCUT2D eigenvalue weighted by molar-refractivity contribution is 0.0697. The number of piperazine rings is 1. The Labute approximate surface area is 195 Å². The third-order valence-electron chi connectivity index (χ3n) is 6.78. The molecule has 1 atom stereocenters. The summed E-state index contributed by atoms with van der Waals surface area (Å²) in [5.41, 5.74) is 6.70. The van der Waals surface area contributed by atoms with Crippen LogP contribution in [0.15, 0.2) is 72.9 Å². The van der Waals surface area contributed by atoms with Gasteiger partial charge in [-0.05, 0) is 53.3 Å². The van der Waals surface area contributed by atoms with Crippen LogP contribution in [0.25, 0.3) is 6.08 Å². The van der Waals surface area contributed by atoms with Crippen LogP contribution in [0.4, 0.5) is 0 Å². The molecule has 1 fully saturated rings. The molecule has 1 aliphatic heterocycles. The Hall–Kier alpha value is -3.28. The summed E-state index contributed by atoms with van der Waals surface area (Å²) < 4.78 is 0. The summed E-state index contributed by atoms with van der Waals surface area (Å²) in [6, 6.07) is 20.5. The number of aryl methyl sites for hydroxylation is 2. The second-order valence-corrected chi connectivity index (χ2v) is 8.81. The molecule has 0 spiro atoms. The third kappa shape index (κ3) is 4.75. The van der Waals surface area contributed by atoms with Gasteiger partial charge >= 0.3 is 5.97 Å². The number of hydrogen-bond acceptors (Lipinski definition) is 4. The Morgan fingerprint density at radius 1 is 0.970 bits per heavy atom. The van der Waals surface area contributed by atoms with Gasteiger partial charge < -0.3 is 5.11 Å². The number of carboxylic acids is 1. The van der Waals surface area contributed by atoms with Crippen molar-refractivity contribution in [2.45, 2.75) is 18.9 Å². The molecule has 1 unspecified atom stereocenters. The lowest BCUT2D eigenvalue weighted by Gasteiger charge is -2.40. The first-order valence-corrected chi connectivity index (χ1v) is 11.7. The van der Waals surface area contributed by atoms with Gasteiger partial charge in [-0.25, -0.2) is 4.79 Å². The lowest BCUT2D eigenvalue weighted by atomic mass is 9.94. The molecule has 33 heavy (non-hydrogen) atoms. The summed E-state index contributed by atoms with van der Waals surface area (Å²) in [6.07, 6.45) is 8.11. The van der Waals surface area contributed by atoms with E-state index >= 15 is 0 Å². The number of rotatable bonds is 5. The van der Waals surface area contributed by atoms with Crippen molar-refractivity contribution in [3.8, 4) is 0 Å². The first kappa shape index (κ1) is 21.6. The van der Waals surface area contributed by atoms with E-state index in [4.69, 9.17) is 4.98 Å². The summed E-state index contributed by atoms with van der Waals surface area (Å²) in [7, 11) is 0. The van der Waals surface area contributed by atoms with E-state index in [9.17, 15) is 9.90 Å². The number of aromatic carboxylic acids is 1. The van der Waals surface area contributed by atoms with Gasteiger partial charge in [0.25, 0.3) is 0 Å². The minimum atomic E-state index is -0.891. The molecular weight excluding hydrogens is 410 g/mol. The first-order chi connectivity index (χ1) is 16.2. The molecule has 2 heterocycles. The zero-order valence-electron chi connectivity index (χ0n) is 18.7. The van der Waals surface area contributed by atoms with E-state index in [0.29, 0.717) is 5.56 Å². The molecular formula is C28H29N3O2. The standard InChI is InChI=1S/C28H29N3O2/c32-28(33)23-9-3-6-21(20-23)7-5-15-30-16-18-31(19-17-30)27-24-10-2-1-8-22(24)12-13-26-25(27)11-4-14-29-26/h1-11,14,20,27H,12-13,15-19H2,(H,32,33). The fourth-order valence-corrected chi connectivity index (χ4v) is 5.07. The van der Waals surface area contributed by atoms with Gasteiger partial charge in [0.15, 0.2) is 0 Å². The molecule has 3 aromatic rings. The molecule has 0 radical (unpaired) electrons. The molecule has 1 aliphatic carbocycles. The van der Waals surface area contributed by atoms with E-state index in [0.717, 1.165) is 51.1 Å². The maximum Gasteiger partial charge on any atom is 0.335 e. The van der Waals surface area contributed by atoms with Gasteiger partial charge in [0.2, 0.25) is 0 Å². The van der Waals surface area contributed by atoms with Crippen molar-refractivity contribution >= 4 is 12.0 Å². The Balaban J connectivity index is 1.27. The molecule has 0 bridgehead atoms. The van der Waals surface area contributed by atoms with Crippen LogP contribution in [0.5, 0.6) is 0 Å². The SMILES string of the molecule is O=C(O)c1cccc(C=CCN2CCN(C3c4ccccc4CCc4ncccc43)CC2)c1. The minimum Gasteiger partial charge on any atom is -0.478 e. The number of pyridine rings is 1. The van der Waals surface area contributed by atoms with Crippen molar-refractivity contribution in [1.82, 2.24) is 14.8 Å². The zero-order chi connectivity index (χ0) is 22.6. The van der Waals surface area contributed by atoms with Crippen LogP contribution in [-0.2, 0) is 12.8 Å². The van der Waals surface area contributed by atoms with Crippen molar-refractivity contribution in [2.75, 3.05) is 32.7 Å². The normalized spacial score (nSPS) is 19.1. The van der Waals surface area contributed by atoms with Crippen LogP contribution in [0, 0.1) is 0 Å². The van der Waals surface area contributed by atoms with E-state index < -0.39 is 5.97 Å². The highest BCUT2D eigenvalue weighted by Gasteiger charge is 2.31. The van der Waals surface area contributed by atoms with Gasteiger partial charge in [-0.2, -0.15) is 0 Å². The summed E-state index contributed by atoms with van der Waals surface area (Å²) in [6.45, 7) is 4.90. The summed E-state index contributed by atoms with van der Waals surface area (Å²) in [5, 5.41) is 9.17. The van der Waals surface area contributed by atoms with Gasteiger partial charge in [0.1, 0.15) is 0 Å². The molecule has 5 nitrogen and oxygen atoms in total. The predicted molar refractivity (Wildman–Crippen MR) is 130 cm³/mol. The summed E-state index contributed by atoms with van der Waals surface area (Å²) in [4.78, 5) is 21.0. The highest BCUT2D eigenvalue weighted by atomic mass is 16.4. The maximum absolute atomic E-state index is 11.2. The molecule has 2 aromatic carbocycles. The molecule has 1 N–H and O–H groups in total. The zero-order valence-corrected chi connectivity index (χ0v) is 18.7. The summed E-state index contributed by atoms with van der Waals surface area (Å²) in [5.74, 6) is -0.891. The van der Waals surface area contributed by atoms with E-state index in [1.165, 1.54) is 22.4 Å². The number of benzene rings is 2. The smallest absolute Gasteiger partial charge is 0.335 e. The van der Waals surface area contributed by atoms with Crippen LogP contribution < -0.4 is 0 Å². The van der Waals surface area contributed by atoms with Gasteiger partial charge in [0, 0.05) is 44.6 Å². The number of aromatic nitrogens is 1. The Morgan fingerprint density at radius 3 is 2.64 bits per heavy atom. The fourth-order valence-electron chi connectivity index (χ4n) is 5.07. The largest absolute Gasteiger partial charge is 0.478 e. The van der Waals surface area contributed by atoms with Crippen molar-refractivity contribution in [3.05, 3.63) is 106 Å². The third-order valence-corrected chi connectivity index (χ3v) is 6.78. The van der Waals surface area contributed by atoms with Crippen LogP contribution >= 0.6 is 0 Å². The van der Waals surface area contributed by atoms with Crippen LogP contribution in [0.3, 0.4) is 0 Å². The van der Waals surface area contributed by atoms with Crippen molar-refractivity contribution in [1.29, 1.82) is 0 Å². The Morgan fingerprint density at radius 2 is 1.79 bits per heavy atom. The topological polar surface area (TPSA) is 56.7 Å². The maximum atomic E-state index is 11.2. The molecule has 5 heteroatoms. The van der Waals surface area contributed by atoms with Crippen LogP contribution in [-0.4, -0.2) is 58.6 Å². The molecule has 0 saturated carbocycles. The fraction of sp³-hybridized carbons (Fsp3) is 0.286. The minimum absolute atomic E-state index is 0.267. The molecule has 168 valence electrons. The lowest BCUT2D eigenvalue weighted by Crippen LogP contribution is -2.47. The second-order valence-electron chi connectivity index (χ2n) is 8.81. The van der Waals surface area contributed by atoms with Crippen molar-refractivity contribution < 1.29 is 9.90 Å². The molecule has 2 aliphatic rings. The monoisotopic (exact) mass is 439 g/mol. The molecule has 1 aromatic heterocycles. The quantitative estimate of drug-likeness (QED) is 0.642. The number of carboxylic acid groups (broad SMARTS) is 1. The van der Waals surface area contributed by atoms with Gasteiger partial charge in [0.05, 0.1) is 11.6 Å². The highest BCUT2D eigenvalue weighted by molar-refractivity contribution is 5.88. The summed E-state index contributed by atoms with van der Waals surface area (Å²) >= 11 is 0. The van der Waals surface area contributed by atoms with Crippen LogP contribution in [0.2, 0.25) is 0 Å². The molecule has 5 rings (SSSR count). The van der Waals surface area contributed by atoms with E-state index in [1.54, 1.807) is 18.2 Å². The van der Waals surface area contributed by atoms with Gasteiger partial charge in [-0.3, -0.25) is 14.8 Å². The second kappa shape index (κ2) is 9.69. The van der Waals surface area contributed by atoms with E-state index in [2.05, 4.69) is 52.3 Å². The number of fused-ring (bicyclic) bond motifs is 2. The van der Waals surface area contributed by atoms with Crippen molar-refractivity contribution in [2.24, 2.45) is 0 Å². The van der Waals surface area contributed by atoms with Gasteiger partial charge in [-0.1, -0.05) is 54.6 Å². The van der Waals surface area contributed by atoms with Gasteiger partial charge in [-0.15, -0.1) is 0 Å². The molecule has 1 saturated heterocycles. The predicted octanol–water partition coefficient (Wildman–Crippen LogP) is 4.30. The highest BCUT2D eigenvalue weighted by Crippen LogP contribution is 2.36. The average molecular weight is 440 g/mol. The Bertz CT molecular complexity index is 1120. The number of carbonyl (C=O) groups is 1. The first-order valence-electron chi connectivity index (χ1n) is 11.7. The Kier molecular flexibility index (Phi) is 6.33. The number of nitrogens with zero attached hydrogens (tertiary/aromatic N) is 3. The number of hydrogen-bond donors (Lipinski definition) is 1. The molecule has 0 amide bonds. The van der Waals surface area contributed by atoms with E-state index in [1.807, 2.05) is 18.3 Å².